The highest BCUT2D eigenvalue weighted by atomic mass is 16.5. The Hall–Kier alpha value is -1.92. The van der Waals surface area contributed by atoms with Crippen molar-refractivity contribution in [2.75, 3.05) is 26.9 Å². The molecule has 0 radical (unpaired) electrons. The Morgan fingerprint density at radius 1 is 1.43 bits per heavy atom. The van der Waals surface area contributed by atoms with Crippen LogP contribution in [0.25, 0.3) is 0 Å². The van der Waals surface area contributed by atoms with Crippen LogP contribution in [-0.4, -0.2) is 54.8 Å². The van der Waals surface area contributed by atoms with E-state index in [1.165, 1.54) is 7.11 Å². The molecule has 1 aliphatic rings. The van der Waals surface area contributed by atoms with Crippen LogP contribution in [-0.2, 0) is 19.1 Å². The van der Waals surface area contributed by atoms with Crippen LogP contribution in [0, 0.1) is 0 Å². The molecule has 6 nitrogen and oxygen atoms in total. The van der Waals surface area contributed by atoms with Crippen molar-refractivity contribution in [1.29, 1.82) is 0 Å². The third-order valence-electron chi connectivity index (χ3n) is 3.48. The first kappa shape index (κ1) is 15.5. The zero-order chi connectivity index (χ0) is 15.2. The van der Waals surface area contributed by atoms with Gasteiger partial charge in [-0.1, -0.05) is 30.3 Å². The maximum Gasteiger partial charge on any atom is 0.305 e. The minimum atomic E-state index is -0.947. The lowest BCUT2D eigenvalue weighted by Crippen LogP contribution is -2.51. The number of carbonyl (C=O) groups is 2. The molecule has 1 fully saturated rings. The smallest absolute Gasteiger partial charge is 0.305 e. The largest absolute Gasteiger partial charge is 0.481 e. The fourth-order valence-corrected chi connectivity index (χ4v) is 2.47. The first-order chi connectivity index (χ1) is 10.1. The molecule has 1 aliphatic heterocycles. The van der Waals surface area contributed by atoms with E-state index in [0.717, 1.165) is 5.56 Å². The third-order valence-corrected chi connectivity index (χ3v) is 3.48. The van der Waals surface area contributed by atoms with Gasteiger partial charge in [0.25, 0.3) is 5.91 Å². The molecular weight excluding hydrogens is 274 g/mol. The zero-order valence-electron chi connectivity index (χ0n) is 11.9. The molecule has 114 valence electrons. The minimum Gasteiger partial charge on any atom is -0.481 e. The topological polar surface area (TPSA) is 76.1 Å². The average Bonchev–Trinajstić information content (AvgIpc) is 2.49. The van der Waals surface area contributed by atoms with Crippen LogP contribution in [0.3, 0.4) is 0 Å². The zero-order valence-corrected chi connectivity index (χ0v) is 11.9. The predicted molar refractivity (Wildman–Crippen MR) is 74.8 cm³/mol. The standard InChI is InChI=1S/C15H19NO5/c1-20-14(11-5-3-2-4-6-11)15(19)16-7-8-21-10-12(16)9-13(17)18/h2-6,12,14H,7-10H2,1H3,(H,17,18)/t12?,14-/m1/s1. The number of nitrogens with zero attached hydrogens (tertiary/aromatic N) is 1. The van der Waals surface area contributed by atoms with E-state index in [2.05, 4.69) is 0 Å². The van der Waals surface area contributed by atoms with Crippen molar-refractivity contribution < 1.29 is 24.2 Å². The van der Waals surface area contributed by atoms with Gasteiger partial charge in [-0.3, -0.25) is 9.59 Å². The molecular formula is C15H19NO5. The van der Waals surface area contributed by atoms with E-state index in [4.69, 9.17) is 14.6 Å². The summed E-state index contributed by atoms with van der Waals surface area (Å²) in [7, 11) is 1.47. The van der Waals surface area contributed by atoms with E-state index >= 15 is 0 Å². The first-order valence-corrected chi connectivity index (χ1v) is 6.81. The summed E-state index contributed by atoms with van der Waals surface area (Å²) in [6, 6.07) is 8.72. The highest BCUT2D eigenvalue weighted by molar-refractivity contribution is 5.83. The Bertz CT molecular complexity index is 490. The van der Waals surface area contributed by atoms with E-state index < -0.39 is 18.1 Å². The van der Waals surface area contributed by atoms with Gasteiger partial charge >= 0.3 is 5.97 Å². The number of morpholine rings is 1. The van der Waals surface area contributed by atoms with Crippen LogP contribution in [0.1, 0.15) is 18.1 Å². The number of carboxylic acid groups (broad SMARTS) is 1. The van der Waals surface area contributed by atoms with Crippen molar-refractivity contribution in [3.8, 4) is 0 Å². The fourth-order valence-electron chi connectivity index (χ4n) is 2.47. The van der Waals surface area contributed by atoms with Crippen LogP contribution in [0.4, 0.5) is 0 Å². The van der Waals surface area contributed by atoms with Gasteiger partial charge in [0, 0.05) is 13.7 Å². The number of hydrogen-bond acceptors (Lipinski definition) is 4. The van der Waals surface area contributed by atoms with Crippen LogP contribution in [0.15, 0.2) is 30.3 Å². The summed E-state index contributed by atoms with van der Waals surface area (Å²) < 4.78 is 10.6. The Morgan fingerprint density at radius 3 is 2.76 bits per heavy atom. The highest BCUT2D eigenvalue weighted by Gasteiger charge is 2.33. The van der Waals surface area contributed by atoms with Crippen molar-refractivity contribution in [2.24, 2.45) is 0 Å². The van der Waals surface area contributed by atoms with Gasteiger partial charge in [-0.2, -0.15) is 0 Å². The molecule has 1 saturated heterocycles. The van der Waals surface area contributed by atoms with Crippen molar-refractivity contribution in [2.45, 2.75) is 18.6 Å². The summed E-state index contributed by atoms with van der Waals surface area (Å²) in [5.41, 5.74) is 0.755. The number of aliphatic carboxylic acids is 1. The molecule has 1 N–H and O–H groups in total. The van der Waals surface area contributed by atoms with E-state index in [9.17, 15) is 9.59 Å². The molecule has 0 aliphatic carbocycles. The summed E-state index contributed by atoms with van der Waals surface area (Å²) >= 11 is 0. The van der Waals surface area contributed by atoms with Gasteiger partial charge in [0.1, 0.15) is 0 Å². The lowest BCUT2D eigenvalue weighted by molar-refractivity contribution is -0.154. The second kappa shape index (κ2) is 7.19. The highest BCUT2D eigenvalue weighted by Crippen LogP contribution is 2.22. The second-order valence-electron chi connectivity index (χ2n) is 4.88. The summed E-state index contributed by atoms with van der Waals surface area (Å²) in [6.07, 6.45) is -0.850. The van der Waals surface area contributed by atoms with Gasteiger partial charge in [0.05, 0.1) is 25.7 Å². The molecule has 0 bridgehead atoms. The van der Waals surface area contributed by atoms with Gasteiger partial charge in [-0.05, 0) is 5.56 Å². The number of hydrogen-bond donors (Lipinski definition) is 1. The number of methoxy groups -OCH3 is 1. The Labute approximate surface area is 123 Å². The second-order valence-corrected chi connectivity index (χ2v) is 4.88. The van der Waals surface area contributed by atoms with Gasteiger partial charge < -0.3 is 19.5 Å². The van der Waals surface area contributed by atoms with Gasteiger partial charge in [-0.15, -0.1) is 0 Å². The van der Waals surface area contributed by atoms with Crippen molar-refractivity contribution in [1.82, 2.24) is 4.90 Å². The molecule has 0 spiro atoms. The molecule has 1 aromatic carbocycles. The number of rotatable bonds is 5. The quantitative estimate of drug-likeness (QED) is 0.879. The minimum absolute atomic E-state index is 0.128. The lowest BCUT2D eigenvalue weighted by Gasteiger charge is -2.36. The first-order valence-electron chi connectivity index (χ1n) is 6.81. The van der Waals surface area contributed by atoms with E-state index in [0.29, 0.717) is 13.2 Å². The maximum atomic E-state index is 12.7. The number of carbonyl (C=O) groups excluding carboxylic acids is 1. The molecule has 2 atom stereocenters. The Kier molecular flexibility index (Phi) is 5.30. The van der Waals surface area contributed by atoms with E-state index in [1.807, 2.05) is 30.3 Å². The fraction of sp³-hybridized carbons (Fsp3) is 0.467. The van der Waals surface area contributed by atoms with E-state index in [-0.39, 0.29) is 18.9 Å². The molecule has 1 amide bonds. The van der Waals surface area contributed by atoms with Crippen molar-refractivity contribution >= 4 is 11.9 Å². The van der Waals surface area contributed by atoms with Crippen molar-refractivity contribution in [3.63, 3.8) is 0 Å². The number of ether oxygens (including phenoxy) is 2. The molecule has 1 unspecified atom stereocenters. The predicted octanol–water partition coefficient (Wildman–Crippen LogP) is 1.08. The van der Waals surface area contributed by atoms with Gasteiger partial charge in [-0.25, -0.2) is 0 Å². The summed E-state index contributed by atoms with van der Waals surface area (Å²) in [5, 5.41) is 8.95. The van der Waals surface area contributed by atoms with Crippen LogP contribution in [0.5, 0.6) is 0 Å². The molecule has 1 aromatic rings. The number of amides is 1. The van der Waals surface area contributed by atoms with Crippen LogP contribution in [0.2, 0.25) is 0 Å². The summed E-state index contributed by atoms with van der Waals surface area (Å²) in [5.74, 6) is -1.17. The molecule has 0 aromatic heterocycles. The van der Waals surface area contributed by atoms with Crippen molar-refractivity contribution in [3.05, 3.63) is 35.9 Å². The Morgan fingerprint density at radius 2 is 2.14 bits per heavy atom. The monoisotopic (exact) mass is 293 g/mol. The lowest BCUT2D eigenvalue weighted by atomic mass is 10.1. The number of benzene rings is 1. The van der Waals surface area contributed by atoms with Gasteiger partial charge in [0.2, 0.25) is 0 Å². The summed E-state index contributed by atoms with van der Waals surface area (Å²) in [6.45, 7) is 1.03. The molecule has 0 saturated carbocycles. The van der Waals surface area contributed by atoms with Crippen LogP contribution >= 0.6 is 0 Å². The number of carboxylic acids is 1. The third kappa shape index (κ3) is 3.80. The molecule has 1 heterocycles. The normalized spacial score (nSPS) is 20.0. The van der Waals surface area contributed by atoms with E-state index in [1.54, 1.807) is 4.90 Å². The summed E-state index contributed by atoms with van der Waals surface area (Å²) in [4.78, 5) is 25.1. The molecule has 21 heavy (non-hydrogen) atoms. The SMILES string of the molecule is CO[C@@H](C(=O)N1CCOCC1CC(=O)O)c1ccccc1. The van der Waals surface area contributed by atoms with Gasteiger partial charge in [0.15, 0.2) is 6.10 Å². The maximum absolute atomic E-state index is 12.7. The molecule has 6 heteroatoms. The van der Waals surface area contributed by atoms with Crippen LogP contribution < -0.4 is 0 Å². The molecule has 2 rings (SSSR count). The average molecular weight is 293 g/mol. The Balaban J connectivity index is 2.16.